The fraction of sp³-hybridized carbons (Fsp3) is 0.893. The number of rotatable bonds is 4. The highest BCUT2D eigenvalue weighted by Gasteiger charge is 2.59. The first-order valence-corrected chi connectivity index (χ1v) is 13.3. The summed E-state index contributed by atoms with van der Waals surface area (Å²) in [5.74, 6) is 2.78. The van der Waals surface area contributed by atoms with Crippen molar-refractivity contribution in [3.05, 3.63) is 11.4 Å². The van der Waals surface area contributed by atoms with Crippen LogP contribution in [0.2, 0.25) is 0 Å². The Labute approximate surface area is 191 Å². The molecule has 0 N–H and O–H groups in total. The second kappa shape index (κ2) is 11.3. The van der Waals surface area contributed by atoms with E-state index in [0.29, 0.717) is 41.9 Å². The third-order valence-corrected chi connectivity index (χ3v) is 9.42. The van der Waals surface area contributed by atoms with Crippen molar-refractivity contribution in [2.45, 2.75) is 119 Å². The molecule has 31 heavy (non-hydrogen) atoms. The molecule has 0 aromatic carbocycles. The molecule has 4 rings (SSSR count). The van der Waals surface area contributed by atoms with Gasteiger partial charge in [0, 0.05) is 12.8 Å². The van der Waals surface area contributed by atoms with E-state index in [1.54, 1.807) is 0 Å². The molecule has 0 spiro atoms. The molecule has 3 fully saturated rings. The average Bonchev–Trinajstić information content (AvgIpc) is 3.13. The lowest BCUT2D eigenvalue weighted by Crippen LogP contribution is -2.50. The highest BCUT2D eigenvalue weighted by Crippen LogP contribution is 2.67. The Hall–Kier alpha value is -0.860. The van der Waals surface area contributed by atoms with E-state index in [9.17, 15) is 4.79 Å². The highest BCUT2D eigenvalue weighted by atomic mass is 19.1. The largest absolute Gasteiger partial charge is 0.469 e. The second-order valence-electron chi connectivity index (χ2n) is 10.4. The molecule has 3 heteroatoms. The quantitative estimate of drug-likeness (QED) is 0.412. The van der Waals surface area contributed by atoms with Crippen molar-refractivity contribution in [1.82, 2.24) is 0 Å². The number of halogens is 1. The normalized spacial score (nSPS) is 38.5. The zero-order valence-corrected chi connectivity index (χ0v) is 21.5. The van der Waals surface area contributed by atoms with Gasteiger partial charge in [0.05, 0.1) is 12.9 Å². The Kier molecular flexibility index (Phi) is 9.64. The Bertz CT molecular complexity index is 627. The van der Waals surface area contributed by atoms with Gasteiger partial charge in [-0.3, -0.25) is 4.79 Å². The van der Waals surface area contributed by atoms with Gasteiger partial charge < -0.3 is 4.74 Å². The molecule has 0 aromatic heterocycles. The maximum Gasteiger partial charge on any atom is 0.305 e. The molecule has 0 saturated heterocycles. The van der Waals surface area contributed by atoms with E-state index in [2.05, 4.69) is 13.8 Å². The second-order valence-corrected chi connectivity index (χ2v) is 10.4. The summed E-state index contributed by atoms with van der Waals surface area (Å²) in [5.41, 5.74) is 1.68. The maximum atomic E-state index is 15.2. The number of ether oxygens (including phenoxy) is 1. The van der Waals surface area contributed by atoms with Crippen molar-refractivity contribution in [3.63, 3.8) is 0 Å². The molecular weight excluding hydrogens is 387 g/mol. The van der Waals surface area contributed by atoms with Gasteiger partial charge in [-0.1, -0.05) is 48.0 Å². The smallest absolute Gasteiger partial charge is 0.305 e. The van der Waals surface area contributed by atoms with Crippen LogP contribution >= 0.6 is 0 Å². The van der Waals surface area contributed by atoms with E-state index in [4.69, 9.17) is 4.74 Å². The topological polar surface area (TPSA) is 26.3 Å². The SMILES string of the molecule is CC.CC.COC(=O)CCCC1CCC2C3CC(F)=C4CCCCC4(C)C3CCC12C. The van der Waals surface area contributed by atoms with Crippen LogP contribution in [-0.4, -0.2) is 13.1 Å². The van der Waals surface area contributed by atoms with Gasteiger partial charge in [-0.15, -0.1) is 0 Å². The van der Waals surface area contributed by atoms with E-state index < -0.39 is 0 Å². The number of carbonyl (C=O) groups is 1. The average molecular weight is 437 g/mol. The van der Waals surface area contributed by atoms with Crippen LogP contribution in [0.4, 0.5) is 4.39 Å². The van der Waals surface area contributed by atoms with Crippen molar-refractivity contribution >= 4 is 5.97 Å². The molecule has 0 amide bonds. The summed E-state index contributed by atoms with van der Waals surface area (Å²) in [7, 11) is 1.47. The van der Waals surface area contributed by atoms with Gasteiger partial charge in [-0.2, -0.15) is 0 Å². The number of fused-ring (bicyclic) bond motifs is 5. The number of allylic oxidation sites excluding steroid dienone is 2. The maximum absolute atomic E-state index is 15.2. The lowest BCUT2D eigenvalue weighted by molar-refractivity contribution is -0.140. The standard InChI is InChI=1S/C24H37FO2.2C2H6/c1-23-14-12-19-17(15-21(25)20-8-4-5-13-24(19,20)2)18(23)11-10-16(23)7-6-9-22(26)27-3;2*1-2/h16-19H,4-15H2,1-3H3;2*1-2H3. The van der Waals surface area contributed by atoms with Gasteiger partial charge in [-0.05, 0) is 97.9 Å². The van der Waals surface area contributed by atoms with Crippen LogP contribution < -0.4 is 0 Å². The van der Waals surface area contributed by atoms with Crippen LogP contribution in [0.3, 0.4) is 0 Å². The Balaban J connectivity index is 0.000000807. The first kappa shape index (κ1) is 26.4. The summed E-state index contributed by atoms with van der Waals surface area (Å²) >= 11 is 0. The van der Waals surface area contributed by atoms with E-state index in [0.717, 1.165) is 19.3 Å². The van der Waals surface area contributed by atoms with Crippen LogP contribution in [0.15, 0.2) is 11.4 Å². The van der Waals surface area contributed by atoms with Gasteiger partial charge in [0.2, 0.25) is 0 Å². The van der Waals surface area contributed by atoms with Crippen molar-refractivity contribution in [2.75, 3.05) is 7.11 Å². The molecule has 180 valence electrons. The summed E-state index contributed by atoms with van der Waals surface area (Å²) in [6.07, 6.45) is 13.1. The Morgan fingerprint density at radius 1 is 1.03 bits per heavy atom. The van der Waals surface area contributed by atoms with Gasteiger partial charge in [0.15, 0.2) is 0 Å². The van der Waals surface area contributed by atoms with Crippen LogP contribution in [0.25, 0.3) is 0 Å². The van der Waals surface area contributed by atoms with Gasteiger partial charge >= 0.3 is 5.97 Å². The van der Waals surface area contributed by atoms with Gasteiger partial charge in [-0.25, -0.2) is 4.39 Å². The summed E-state index contributed by atoms with van der Waals surface area (Å²) in [5, 5.41) is 0. The number of methoxy groups -OCH3 is 1. The molecule has 0 heterocycles. The first-order valence-electron chi connectivity index (χ1n) is 13.3. The van der Waals surface area contributed by atoms with Crippen LogP contribution in [0.5, 0.6) is 0 Å². The molecule has 0 aliphatic heterocycles. The van der Waals surface area contributed by atoms with E-state index in [1.165, 1.54) is 57.6 Å². The lowest BCUT2D eigenvalue weighted by Gasteiger charge is -2.58. The Morgan fingerprint density at radius 3 is 2.42 bits per heavy atom. The van der Waals surface area contributed by atoms with Crippen molar-refractivity contribution in [3.8, 4) is 0 Å². The summed E-state index contributed by atoms with van der Waals surface area (Å²) in [4.78, 5) is 11.5. The fourth-order valence-corrected chi connectivity index (χ4v) is 7.96. The van der Waals surface area contributed by atoms with E-state index in [-0.39, 0.29) is 17.2 Å². The predicted molar refractivity (Wildman–Crippen MR) is 128 cm³/mol. The number of hydrogen-bond donors (Lipinski definition) is 0. The molecule has 4 aliphatic rings. The predicted octanol–water partition coefficient (Wildman–Crippen LogP) is 8.65. The molecule has 0 radical (unpaired) electrons. The monoisotopic (exact) mass is 436 g/mol. The number of esters is 1. The first-order chi connectivity index (χ1) is 14.9. The molecule has 0 aromatic rings. The third kappa shape index (κ3) is 4.91. The lowest BCUT2D eigenvalue weighted by atomic mass is 9.47. The highest BCUT2D eigenvalue weighted by molar-refractivity contribution is 5.68. The number of hydrogen-bond acceptors (Lipinski definition) is 2. The Morgan fingerprint density at radius 2 is 1.74 bits per heavy atom. The van der Waals surface area contributed by atoms with Crippen molar-refractivity contribution in [1.29, 1.82) is 0 Å². The molecule has 6 atom stereocenters. The van der Waals surface area contributed by atoms with Gasteiger partial charge in [0.1, 0.15) is 0 Å². The van der Waals surface area contributed by atoms with Crippen molar-refractivity contribution in [2.24, 2.45) is 34.5 Å². The molecule has 2 nitrogen and oxygen atoms in total. The number of carbonyl (C=O) groups excluding carboxylic acids is 1. The van der Waals surface area contributed by atoms with E-state index >= 15 is 4.39 Å². The molecule has 0 bridgehead atoms. The molecular formula is C28H49FO2. The van der Waals surface area contributed by atoms with Crippen LogP contribution in [0.1, 0.15) is 119 Å². The van der Waals surface area contributed by atoms with Gasteiger partial charge in [0.25, 0.3) is 0 Å². The zero-order chi connectivity index (χ0) is 23.2. The zero-order valence-electron chi connectivity index (χ0n) is 21.5. The minimum absolute atomic E-state index is 0.0874. The summed E-state index contributed by atoms with van der Waals surface area (Å²) < 4.78 is 20.0. The van der Waals surface area contributed by atoms with Crippen LogP contribution in [0, 0.1) is 34.5 Å². The summed E-state index contributed by atoms with van der Waals surface area (Å²) in [6, 6.07) is 0. The third-order valence-electron chi connectivity index (χ3n) is 9.42. The van der Waals surface area contributed by atoms with E-state index in [1.807, 2.05) is 27.7 Å². The molecule has 3 saturated carbocycles. The fourth-order valence-electron chi connectivity index (χ4n) is 7.96. The summed E-state index contributed by atoms with van der Waals surface area (Å²) in [6.45, 7) is 12.9. The minimum Gasteiger partial charge on any atom is -0.469 e. The van der Waals surface area contributed by atoms with Crippen LogP contribution in [-0.2, 0) is 9.53 Å². The molecule has 4 aliphatic carbocycles. The van der Waals surface area contributed by atoms with Crippen molar-refractivity contribution < 1.29 is 13.9 Å². The minimum atomic E-state index is -0.0874. The molecule has 6 unspecified atom stereocenters.